The molecule has 0 bridgehead atoms. The zero-order valence-corrected chi connectivity index (χ0v) is 18.4. The molecule has 0 radical (unpaired) electrons. The van der Waals surface area contributed by atoms with E-state index in [1.54, 1.807) is 0 Å². The fourth-order valence-electron chi connectivity index (χ4n) is 3.75. The smallest absolute Gasteiger partial charge is 0.142 e. The van der Waals surface area contributed by atoms with E-state index < -0.39 is 0 Å². The maximum Gasteiger partial charge on any atom is 0.142 e. The van der Waals surface area contributed by atoms with E-state index in [0.29, 0.717) is 5.02 Å². The van der Waals surface area contributed by atoms with Crippen LogP contribution in [-0.4, -0.2) is 9.78 Å². The Kier molecular flexibility index (Phi) is 5.49. The van der Waals surface area contributed by atoms with Gasteiger partial charge in [-0.2, -0.15) is 5.10 Å². The Morgan fingerprint density at radius 1 is 0.688 bits per heavy atom. The Morgan fingerprint density at radius 3 is 1.91 bits per heavy atom. The first-order chi connectivity index (χ1) is 15.7. The van der Waals surface area contributed by atoms with E-state index in [2.05, 4.69) is 72.9 Å². The molecule has 0 saturated heterocycles. The number of hydrogen-bond donors (Lipinski definition) is 1. The van der Waals surface area contributed by atoms with Crippen molar-refractivity contribution < 1.29 is 0 Å². The number of benzene rings is 4. The summed E-state index contributed by atoms with van der Waals surface area (Å²) in [4.78, 5) is 0. The van der Waals surface area contributed by atoms with Crippen molar-refractivity contribution in [3.8, 4) is 28.1 Å². The van der Waals surface area contributed by atoms with Crippen LogP contribution in [0.25, 0.3) is 28.1 Å². The fourth-order valence-corrected chi connectivity index (χ4v) is 3.88. The second-order valence-electron chi connectivity index (χ2n) is 7.68. The fraction of sp³-hybridized carbons (Fsp3) is 0.0357. The third-order valence-corrected chi connectivity index (χ3v) is 5.63. The minimum Gasteiger partial charge on any atom is -0.340 e. The molecule has 1 aromatic heterocycles. The van der Waals surface area contributed by atoms with Crippen molar-refractivity contribution in [3.05, 3.63) is 120 Å². The van der Waals surface area contributed by atoms with Crippen LogP contribution < -0.4 is 5.32 Å². The number of anilines is 2. The van der Waals surface area contributed by atoms with Gasteiger partial charge in [0, 0.05) is 16.3 Å². The van der Waals surface area contributed by atoms with Gasteiger partial charge in [-0.3, -0.25) is 0 Å². The summed E-state index contributed by atoms with van der Waals surface area (Å²) in [6.07, 6.45) is 0. The highest BCUT2D eigenvalue weighted by atomic mass is 35.5. The lowest BCUT2D eigenvalue weighted by molar-refractivity contribution is 0.892. The summed E-state index contributed by atoms with van der Waals surface area (Å²) in [6, 6.07) is 36.8. The Balaban J connectivity index is 1.78. The molecule has 0 aliphatic rings. The molecule has 0 amide bonds. The zero-order chi connectivity index (χ0) is 21.9. The molecule has 1 N–H and O–H groups in total. The van der Waals surface area contributed by atoms with Crippen molar-refractivity contribution in [3.63, 3.8) is 0 Å². The molecule has 0 spiro atoms. The summed E-state index contributed by atoms with van der Waals surface area (Å²) in [6.45, 7) is 2.09. The highest BCUT2D eigenvalue weighted by molar-refractivity contribution is 6.30. The van der Waals surface area contributed by atoms with Crippen molar-refractivity contribution in [2.45, 2.75) is 6.92 Å². The van der Waals surface area contributed by atoms with Crippen LogP contribution in [0.15, 0.2) is 109 Å². The molecule has 156 valence electrons. The predicted molar refractivity (Wildman–Crippen MR) is 134 cm³/mol. The molecule has 0 saturated carbocycles. The molecule has 0 atom stereocenters. The molecule has 0 aliphatic heterocycles. The summed E-state index contributed by atoms with van der Waals surface area (Å²) < 4.78 is 1.96. The maximum absolute atomic E-state index is 6.17. The maximum atomic E-state index is 6.17. The quantitative estimate of drug-likeness (QED) is 0.304. The van der Waals surface area contributed by atoms with Gasteiger partial charge in [0.15, 0.2) is 0 Å². The molecule has 3 nitrogen and oxygen atoms in total. The highest BCUT2D eigenvalue weighted by Crippen LogP contribution is 2.40. The van der Waals surface area contributed by atoms with E-state index in [-0.39, 0.29) is 0 Å². The summed E-state index contributed by atoms with van der Waals surface area (Å²) in [5, 5.41) is 9.41. The van der Waals surface area contributed by atoms with E-state index in [9.17, 15) is 0 Å². The molecule has 4 heteroatoms. The van der Waals surface area contributed by atoms with Crippen LogP contribution in [0, 0.1) is 6.92 Å². The first kappa shape index (κ1) is 20.1. The summed E-state index contributed by atoms with van der Waals surface area (Å²) in [5.74, 6) is 0.904. The van der Waals surface area contributed by atoms with Crippen LogP contribution >= 0.6 is 11.6 Å². The molecule has 5 aromatic rings. The molecule has 0 aliphatic carbocycles. The highest BCUT2D eigenvalue weighted by Gasteiger charge is 2.22. The molecule has 0 fully saturated rings. The van der Waals surface area contributed by atoms with Gasteiger partial charge in [0.2, 0.25) is 0 Å². The first-order valence-corrected chi connectivity index (χ1v) is 10.9. The van der Waals surface area contributed by atoms with Gasteiger partial charge in [-0.1, -0.05) is 90.0 Å². The third-order valence-electron chi connectivity index (χ3n) is 5.38. The van der Waals surface area contributed by atoms with Crippen molar-refractivity contribution in [1.29, 1.82) is 0 Å². The lowest BCUT2D eigenvalue weighted by Gasteiger charge is -2.13. The third kappa shape index (κ3) is 4.03. The van der Waals surface area contributed by atoms with Crippen LogP contribution in [0.3, 0.4) is 0 Å². The van der Waals surface area contributed by atoms with Crippen molar-refractivity contribution in [2.75, 3.05) is 5.32 Å². The normalized spacial score (nSPS) is 10.8. The summed E-state index contributed by atoms with van der Waals surface area (Å²) >= 11 is 6.17. The SMILES string of the molecule is Cc1ccc(Nc2c(-c3ccccc3)c(-c3ccccc3)nn2-c2ccc(Cl)cc2)cc1. The number of halogens is 1. The van der Waals surface area contributed by atoms with Gasteiger partial charge in [-0.25, -0.2) is 4.68 Å². The molecule has 0 unspecified atom stereocenters. The standard InChI is InChI=1S/C28H22ClN3/c1-20-12-16-24(17-13-20)30-28-26(21-8-4-2-5-9-21)27(22-10-6-3-7-11-22)31-32(28)25-18-14-23(29)15-19-25/h2-19,30H,1H3. The number of hydrogen-bond acceptors (Lipinski definition) is 2. The van der Waals surface area contributed by atoms with Gasteiger partial charge >= 0.3 is 0 Å². The van der Waals surface area contributed by atoms with Crippen LogP contribution in [0.4, 0.5) is 11.5 Å². The first-order valence-electron chi connectivity index (χ1n) is 10.5. The molecule has 4 aromatic carbocycles. The number of rotatable bonds is 5. The van der Waals surface area contributed by atoms with Crippen molar-refractivity contribution in [2.24, 2.45) is 0 Å². The zero-order valence-electron chi connectivity index (χ0n) is 17.7. The lowest BCUT2D eigenvalue weighted by Crippen LogP contribution is -2.03. The lowest BCUT2D eigenvalue weighted by atomic mass is 10.0. The van der Waals surface area contributed by atoms with Crippen LogP contribution in [-0.2, 0) is 0 Å². The summed E-state index contributed by atoms with van der Waals surface area (Å²) in [7, 11) is 0. The largest absolute Gasteiger partial charge is 0.340 e. The van der Waals surface area contributed by atoms with Crippen molar-refractivity contribution in [1.82, 2.24) is 9.78 Å². The van der Waals surface area contributed by atoms with Gasteiger partial charge < -0.3 is 5.32 Å². The monoisotopic (exact) mass is 435 g/mol. The number of aromatic nitrogens is 2. The van der Waals surface area contributed by atoms with E-state index >= 15 is 0 Å². The molecule has 5 rings (SSSR count). The minimum atomic E-state index is 0.695. The minimum absolute atomic E-state index is 0.695. The van der Waals surface area contributed by atoms with Gasteiger partial charge in [-0.15, -0.1) is 0 Å². The average molecular weight is 436 g/mol. The second kappa shape index (κ2) is 8.74. The van der Waals surface area contributed by atoms with E-state index in [0.717, 1.165) is 39.6 Å². The Hall–Kier alpha value is -3.82. The predicted octanol–water partition coefficient (Wildman–Crippen LogP) is 7.91. The van der Waals surface area contributed by atoms with Crippen LogP contribution in [0.5, 0.6) is 0 Å². The molecular weight excluding hydrogens is 414 g/mol. The van der Waals surface area contributed by atoms with Crippen molar-refractivity contribution >= 4 is 23.1 Å². The van der Waals surface area contributed by atoms with Gasteiger partial charge in [0.25, 0.3) is 0 Å². The number of nitrogens with zero attached hydrogens (tertiary/aromatic N) is 2. The van der Waals surface area contributed by atoms with E-state index in [4.69, 9.17) is 16.7 Å². The topological polar surface area (TPSA) is 29.9 Å². The van der Waals surface area contributed by atoms with E-state index in [1.807, 2.05) is 53.2 Å². The van der Waals surface area contributed by atoms with E-state index in [1.165, 1.54) is 5.56 Å². The Morgan fingerprint density at radius 2 is 1.28 bits per heavy atom. The average Bonchev–Trinajstić information content (AvgIpc) is 3.21. The Bertz CT molecular complexity index is 1320. The number of nitrogens with one attached hydrogen (secondary N) is 1. The van der Waals surface area contributed by atoms with Crippen LogP contribution in [0.1, 0.15) is 5.56 Å². The van der Waals surface area contributed by atoms with Gasteiger partial charge in [0.1, 0.15) is 11.5 Å². The molecular formula is C28H22ClN3. The van der Waals surface area contributed by atoms with Gasteiger partial charge in [-0.05, 0) is 48.9 Å². The molecule has 32 heavy (non-hydrogen) atoms. The second-order valence-corrected chi connectivity index (χ2v) is 8.12. The summed E-state index contributed by atoms with van der Waals surface area (Å²) in [5.41, 5.74) is 7.28. The molecule has 1 heterocycles. The van der Waals surface area contributed by atoms with Gasteiger partial charge in [0.05, 0.1) is 11.3 Å². The number of aryl methyl sites for hydroxylation is 1. The van der Waals surface area contributed by atoms with Crippen LogP contribution in [0.2, 0.25) is 5.02 Å². The Labute approximate surface area is 192 Å².